The summed E-state index contributed by atoms with van der Waals surface area (Å²) in [7, 11) is -0.338. The van der Waals surface area contributed by atoms with Crippen LogP contribution < -0.4 is 4.74 Å². The molecular formula is C17H24N4O4S. The van der Waals surface area contributed by atoms with Gasteiger partial charge in [-0.3, -0.25) is 0 Å². The number of methoxy groups -OCH3 is 2. The molecule has 3 rings (SSSR count). The first-order chi connectivity index (χ1) is 12.6. The summed E-state index contributed by atoms with van der Waals surface area (Å²) in [4.78, 5) is 0.264. The van der Waals surface area contributed by atoms with Gasteiger partial charge in [0.05, 0.1) is 18.6 Å². The molecule has 1 aromatic carbocycles. The van der Waals surface area contributed by atoms with Crippen LogP contribution in [0, 0.1) is 0 Å². The van der Waals surface area contributed by atoms with Gasteiger partial charge >= 0.3 is 0 Å². The molecule has 0 radical (unpaired) electrons. The van der Waals surface area contributed by atoms with Crippen LogP contribution in [0.3, 0.4) is 0 Å². The van der Waals surface area contributed by atoms with Gasteiger partial charge in [-0.05, 0) is 25.0 Å². The maximum absolute atomic E-state index is 12.9. The van der Waals surface area contributed by atoms with Crippen molar-refractivity contribution in [3.8, 4) is 5.75 Å². The van der Waals surface area contributed by atoms with E-state index in [1.807, 2.05) is 0 Å². The molecule has 0 saturated carbocycles. The maximum Gasteiger partial charge on any atom is 0.243 e. The summed E-state index contributed by atoms with van der Waals surface area (Å²) < 4.78 is 39.6. The van der Waals surface area contributed by atoms with E-state index in [-0.39, 0.29) is 10.9 Å². The van der Waals surface area contributed by atoms with Gasteiger partial charge in [-0.2, -0.15) is 4.31 Å². The minimum Gasteiger partial charge on any atom is -0.497 e. The Balaban J connectivity index is 1.69. The Morgan fingerprint density at radius 1 is 1.23 bits per heavy atom. The number of hydrogen-bond acceptors (Lipinski definition) is 6. The Morgan fingerprint density at radius 2 is 2.00 bits per heavy atom. The zero-order valence-electron chi connectivity index (χ0n) is 15.0. The number of hydrogen-bond donors (Lipinski definition) is 0. The van der Waals surface area contributed by atoms with E-state index in [4.69, 9.17) is 9.47 Å². The molecule has 0 N–H and O–H groups in total. The summed E-state index contributed by atoms with van der Waals surface area (Å²) in [6.07, 6.45) is 3.86. The SMILES string of the molecule is COCCc1nncn1C1CCN(S(=O)(=O)c2cccc(OC)c2)CC1. The third-order valence-corrected chi connectivity index (χ3v) is 6.57. The van der Waals surface area contributed by atoms with Crippen LogP contribution in [0.4, 0.5) is 0 Å². The van der Waals surface area contributed by atoms with E-state index in [2.05, 4.69) is 14.8 Å². The lowest BCUT2D eigenvalue weighted by Crippen LogP contribution is -2.39. The summed E-state index contributed by atoms with van der Waals surface area (Å²) >= 11 is 0. The molecule has 1 aliphatic heterocycles. The van der Waals surface area contributed by atoms with Crippen LogP contribution in [0.5, 0.6) is 5.75 Å². The number of benzene rings is 1. The standard InChI is InChI=1S/C17H24N4O4S/c1-24-11-8-17-19-18-13-21(17)14-6-9-20(10-7-14)26(22,23)16-5-3-4-15(12-16)25-2/h3-5,12-14H,6-11H2,1-2H3. The molecule has 142 valence electrons. The van der Waals surface area contributed by atoms with Gasteiger partial charge in [0.1, 0.15) is 17.9 Å². The van der Waals surface area contributed by atoms with E-state index >= 15 is 0 Å². The molecule has 9 heteroatoms. The molecule has 1 aromatic heterocycles. The van der Waals surface area contributed by atoms with Gasteiger partial charge in [0, 0.05) is 38.7 Å². The van der Waals surface area contributed by atoms with Crippen molar-refractivity contribution in [1.29, 1.82) is 0 Å². The molecule has 0 amide bonds. The van der Waals surface area contributed by atoms with E-state index in [0.29, 0.717) is 31.9 Å². The number of nitrogens with zero attached hydrogens (tertiary/aromatic N) is 4. The highest BCUT2D eigenvalue weighted by molar-refractivity contribution is 7.89. The Hall–Kier alpha value is -1.97. The van der Waals surface area contributed by atoms with Gasteiger partial charge in [0.2, 0.25) is 10.0 Å². The van der Waals surface area contributed by atoms with Gasteiger partial charge in [-0.1, -0.05) is 6.07 Å². The van der Waals surface area contributed by atoms with E-state index < -0.39 is 10.0 Å². The van der Waals surface area contributed by atoms with E-state index in [1.54, 1.807) is 37.7 Å². The van der Waals surface area contributed by atoms with Gasteiger partial charge < -0.3 is 14.0 Å². The van der Waals surface area contributed by atoms with Gasteiger partial charge in [-0.25, -0.2) is 8.42 Å². The molecule has 0 bridgehead atoms. The Kier molecular flexibility index (Phi) is 5.90. The lowest BCUT2D eigenvalue weighted by atomic mass is 10.1. The highest BCUT2D eigenvalue weighted by Crippen LogP contribution is 2.28. The lowest BCUT2D eigenvalue weighted by Gasteiger charge is -2.32. The highest BCUT2D eigenvalue weighted by atomic mass is 32.2. The molecule has 0 unspecified atom stereocenters. The molecule has 26 heavy (non-hydrogen) atoms. The third kappa shape index (κ3) is 3.89. The number of rotatable bonds is 7. The van der Waals surface area contributed by atoms with Gasteiger partial charge in [0.15, 0.2) is 0 Å². The third-order valence-electron chi connectivity index (χ3n) is 4.67. The summed E-state index contributed by atoms with van der Waals surface area (Å²) in [5.41, 5.74) is 0. The molecule has 1 fully saturated rings. The molecule has 0 atom stereocenters. The normalized spacial score (nSPS) is 16.7. The Labute approximate surface area is 153 Å². The van der Waals surface area contributed by atoms with Crippen molar-refractivity contribution >= 4 is 10.0 Å². The second-order valence-electron chi connectivity index (χ2n) is 6.21. The number of aromatic nitrogens is 3. The molecule has 2 heterocycles. The van der Waals surface area contributed by atoms with Gasteiger partial charge in [-0.15, -0.1) is 10.2 Å². The second-order valence-corrected chi connectivity index (χ2v) is 8.15. The first kappa shape index (κ1) is 18.8. The smallest absolute Gasteiger partial charge is 0.243 e. The van der Waals surface area contributed by atoms with Crippen molar-refractivity contribution in [2.45, 2.75) is 30.2 Å². The van der Waals surface area contributed by atoms with E-state index in [1.165, 1.54) is 11.4 Å². The minimum absolute atomic E-state index is 0.202. The fraction of sp³-hybridized carbons (Fsp3) is 0.529. The van der Waals surface area contributed by atoms with Crippen LogP contribution in [0.1, 0.15) is 24.7 Å². The number of piperidine rings is 1. The van der Waals surface area contributed by atoms with Crippen molar-refractivity contribution in [2.24, 2.45) is 0 Å². The van der Waals surface area contributed by atoms with Crippen molar-refractivity contribution in [1.82, 2.24) is 19.1 Å². The van der Waals surface area contributed by atoms with Crippen molar-refractivity contribution in [2.75, 3.05) is 33.9 Å². The van der Waals surface area contributed by atoms with Crippen LogP contribution in [0.15, 0.2) is 35.5 Å². The topological polar surface area (TPSA) is 86.6 Å². The van der Waals surface area contributed by atoms with Crippen LogP contribution in [0.25, 0.3) is 0 Å². The zero-order valence-corrected chi connectivity index (χ0v) is 15.9. The second kappa shape index (κ2) is 8.15. The summed E-state index contributed by atoms with van der Waals surface area (Å²) in [6.45, 7) is 1.51. The molecule has 1 saturated heterocycles. The summed E-state index contributed by atoms with van der Waals surface area (Å²) in [6, 6.07) is 6.79. The fourth-order valence-electron chi connectivity index (χ4n) is 3.22. The Bertz CT molecular complexity index is 829. The van der Waals surface area contributed by atoms with Crippen molar-refractivity contribution in [3.05, 3.63) is 36.4 Å². The maximum atomic E-state index is 12.9. The predicted octanol–water partition coefficient (Wildman–Crippen LogP) is 1.50. The average molecular weight is 380 g/mol. The molecule has 0 spiro atoms. The summed E-state index contributed by atoms with van der Waals surface area (Å²) in [5.74, 6) is 1.41. The van der Waals surface area contributed by atoms with Crippen LogP contribution in [-0.2, 0) is 21.2 Å². The fourth-order valence-corrected chi connectivity index (χ4v) is 4.72. The van der Waals surface area contributed by atoms with E-state index in [0.717, 1.165) is 18.7 Å². The largest absolute Gasteiger partial charge is 0.497 e. The molecule has 0 aliphatic carbocycles. The summed E-state index contributed by atoms with van der Waals surface area (Å²) in [5, 5.41) is 8.15. The van der Waals surface area contributed by atoms with Crippen LogP contribution >= 0.6 is 0 Å². The molecule has 1 aliphatic rings. The molecule has 8 nitrogen and oxygen atoms in total. The van der Waals surface area contributed by atoms with Crippen molar-refractivity contribution in [3.63, 3.8) is 0 Å². The average Bonchev–Trinajstić information content (AvgIpc) is 3.15. The van der Waals surface area contributed by atoms with Crippen LogP contribution in [-0.4, -0.2) is 61.4 Å². The number of sulfonamides is 1. The predicted molar refractivity (Wildman–Crippen MR) is 95.6 cm³/mol. The Morgan fingerprint density at radius 3 is 2.69 bits per heavy atom. The van der Waals surface area contributed by atoms with E-state index in [9.17, 15) is 8.42 Å². The van der Waals surface area contributed by atoms with Crippen molar-refractivity contribution < 1.29 is 17.9 Å². The first-order valence-corrected chi connectivity index (χ1v) is 10.0. The lowest BCUT2D eigenvalue weighted by molar-refractivity contribution is 0.197. The van der Waals surface area contributed by atoms with Gasteiger partial charge in [0.25, 0.3) is 0 Å². The first-order valence-electron chi connectivity index (χ1n) is 8.58. The minimum atomic E-state index is -3.52. The molecule has 2 aromatic rings. The zero-order chi connectivity index (χ0) is 18.6. The number of ether oxygens (including phenoxy) is 2. The van der Waals surface area contributed by atoms with Crippen LogP contribution in [0.2, 0.25) is 0 Å². The molecular weight excluding hydrogens is 356 g/mol. The monoisotopic (exact) mass is 380 g/mol. The highest BCUT2D eigenvalue weighted by Gasteiger charge is 2.31. The quantitative estimate of drug-likeness (QED) is 0.724.